The summed E-state index contributed by atoms with van der Waals surface area (Å²) in [5.74, 6) is 0.371. The van der Waals surface area contributed by atoms with Gasteiger partial charge < -0.3 is 9.47 Å². The first-order valence-corrected chi connectivity index (χ1v) is 7.58. The Bertz CT molecular complexity index is 450. The molecule has 1 aliphatic rings. The van der Waals surface area contributed by atoms with Gasteiger partial charge in [0.25, 0.3) is 5.91 Å². The molecule has 1 fully saturated rings. The average Bonchev–Trinajstić information content (AvgIpc) is 2.80. The van der Waals surface area contributed by atoms with Gasteiger partial charge in [-0.1, -0.05) is 11.6 Å². The van der Waals surface area contributed by atoms with Crippen LogP contribution in [0.2, 0.25) is 5.02 Å². The Morgan fingerprint density at radius 1 is 1.36 bits per heavy atom. The highest BCUT2D eigenvalue weighted by atomic mass is 35.5. The number of amides is 1. The highest BCUT2D eigenvalue weighted by molar-refractivity contribution is 6.30. The molecule has 122 valence electrons. The van der Waals surface area contributed by atoms with Gasteiger partial charge in [0.15, 0.2) is 6.61 Å². The van der Waals surface area contributed by atoms with Crippen molar-refractivity contribution in [2.24, 2.45) is 0 Å². The molecule has 1 amide bonds. The van der Waals surface area contributed by atoms with E-state index in [0.29, 0.717) is 23.9 Å². The van der Waals surface area contributed by atoms with Crippen molar-refractivity contribution < 1.29 is 14.3 Å². The molecule has 1 aliphatic heterocycles. The normalized spacial score (nSPS) is 16.0. The molecular weight excluding hydrogens is 308 g/mol. The molecule has 7 nitrogen and oxygen atoms in total. The van der Waals surface area contributed by atoms with Crippen LogP contribution in [0.5, 0.6) is 5.75 Å². The van der Waals surface area contributed by atoms with Crippen molar-refractivity contribution in [3.05, 3.63) is 29.3 Å². The fourth-order valence-corrected chi connectivity index (χ4v) is 2.02. The van der Waals surface area contributed by atoms with Gasteiger partial charge in [-0.2, -0.15) is 0 Å². The molecule has 2 rings (SSSR count). The van der Waals surface area contributed by atoms with Gasteiger partial charge in [-0.05, 0) is 24.3 Å². The van der Waals surface area contributed by atoms with E-state index in [1.807, 2.05) is 0 Å². The van der Waals surface area contributed by atoms with Crippen LogP contribution in [0.4, 0.5) is 0 Å². The molecule has 0 aliphatic carbocycles. The highest BCUT2D eigenvalue weighted by Crippen LogP contribution is 2.15. The average molecular weight is 329 g/mol. The zero-order valence-electron chi connectivity index (χ0n) is 12.3. The van der Waals surface area contributed by atoms with Gasteiger partial charge in [-0.3, -0.25) is 15.6 Å². The molecule has 0 atom stereocenters. The minimum absolute atomic E-state index is 0.0512. The lowest BCUT2D eigenvalue weighted by Gasteiger charge is -2.20. The zero-order valence-corrected chi connectivity index (χ0v) is 13.1. The maximum absolute atomic E-state index is 11.6. The second-order valence-corrected chi connectivity index (χ2v) is 5.16. The number of halogens is 1. The van der Waals surface area contributed by atoms with E-state index in [2.05, 4.69) is 21.3 Å². The Balaban J connectivity index is 1.54. The third-order valence-electron chi connectivity index (χ3n) is 3.01. The van der Waals surface area contributed by atoms with Crippen molar-refractivity contribution in [2.45, 2.75) is 0 Å². The third kappa shape index (κ3) is 6.59. The molecule has 0 unspecified atom stereocenters. The summed E-state index contributed by atoms with van der Waals surface area (Å²) in [6, 6.07) is 6.86. The van der Waals surface area contributed by atoms with Gasteiger partial charge in [0.2, 0.25) is 0 Å². The zero-order chi connectivity index (χ0) is 15.6. The van der Waals surface area contributed by atoms with Crippen LogP contribution < -0.4 is 21.0 Å². The van der Waals surface area contributed by atoms with Crippen LogP contribution in [-0.4, -0.2) is 56.9 Å². The predicted octanol–water partition coefficient (Wildman–Crippen LogP) is 0.176. The van der Waals surface area contributed by atoms with E-state index in [-0.39, 0.29) is 12.5 Å². The van der Waals surface area contributed by atoms with E-state index in [9.17, 15) is 4.79 Å². The van der Waals surface area contributed by atoms with Gasteiger partial charge in [-0.25, -0.2) is 10.4 Å². The number of hydrogen-bond acceptors (Lipinski definition) is 6. The first-order valence-electron chi connectivity index (χ1n) is 7.20. The quantitative estimate of drug-likeness (QED) is 0.490. The molecule has 8 heteroatoms. The first-order chi connectivity index (χ1) is 10.7. The molecule has 1 saturated heterocycles. The Labute approximate surface area is 134 Å². The van der Waals surface area contributed by atoms with Crippen molar-refractivity contribution in [2.75, 3.05) is 46.0 Å². The van der Waals surface area contributed by atoms with Crippen LogP contribution in [0, 0.1) is 0 Å². The molecule has 1 aromatic carbocycles. The van der Waals surface area contributed by atoms with Gasteiger partial charge in [-0.15, -0.1) is 0 Å². The summed E-state index contributed by atoms with van der Waals surface area (Å²) in [5.41, 5.74) is 8.71. The molecule has 1 heterocycles. The van der Waals surface area contributed by atoms with E-state index in [1.54, 1.807) is 24.3 Å². The van der Waals surface area contributed by atoms with Crippen molar-refractivity contribution >= 4 is 17.5 Å². The number of rotatable bonds is 7. The van der Waals surface area contributed by atoms with E-state index < -0.39 is 0 Å². The predicted molar refractivity (Wildman–Crippen MR) is 83.5 cm³/mol. The topological polar surface area (TPSA) is 74.9 Å². The number of carbonyl (C=O) groups is 1. The summed E-state index contributed by atoms with van der Waals surface area (Å²) in [4.78, 5) is 11.6. The summed E-state index contributed by atoms with van der Waals surface area (Å²) in [7, 11) is 0. The van der Waals surface area contributed by atoms with Gasteiger partial charge in [0.05, 0.1) is 13.2 Å². The van der Waals surface area contributed by atoms with Crippen molar-refractivity contribution in [3.8, 4) is 5.75 Å². The first kappa shape index (κ1) is 17.0. The van der Waals surface area contributed by atoms with E-state index in [0.717, 1.165) is 26.2 Å². The number of hydrogen-bond donors (Lipinski definition) is 3. The number of carbonyl (C=O) groups excluding carboxylic acids is 1. The number of ether oxygens (including phenoxy) is 2. The molecule has 22 heavy (non-hydrogen) atoms. The second kappa shape index (κ2) is 9.60. The van der Waals surface area contributed by atoms with Crippen LogP contribution in [0.25, 0.3) is 0 Å². The summed E-state index contributed by atoms with van der Waals surface area (Å²) in [5, 5.41) is 2.70. The van der Waals surface area contributed by atoms with Gasteiger partial charge >= 0.3 is 0 Å². The third-order valence-corrected chi connectivity index (χ3v) is 3.26. The van der Waals surface area contributed by atoms with E-state index >= 15 is 0 Å². The Morgan fingerprint density at radius 3 is 3.00 bits per heavy atom. The molecule has 0 bridgehead atoms. The van der Waals surface area contributed by atoms with Crippen LogP contribution in [0.3, 0.4) is 0 Å². The molecule has 1 aromatic rings. The summed E-state index contributed by atoms with van der Waals surface area (Å²) in [6.45, 7) is 4.42. The lowest BCUT2D eigenvalue weighted by molar-refractivity contribution is -0.124. The van der Waals surface area contributed by atoms with Gasteiger partial charge in [0, 0.05) is 31.2 Å². The van der Waals surface area contributed by atoms with Crippen LogP contribution in [0.1, 0.15) is 0 Å². The van der Waals surface area contributed by atoms with Crippen molar-refractivity contribution in [1.82, 2.24) is 21.3 Å². The molecule has 0 spiro atoms. The smallest absolute Gasteiger partial charge is 0.271 e. The number of hydrazine groups is 2. The minimum atomic E-state index is -0.234. The van der Waals surface area contributed by atoms with Crippen LogP contribution in [0.15, 0.2) is 24.3 Å². The fraction of sp³-hybridized carbons (Fsp3) is 0.500. The Morgan fingerprint density at radius 2 is 2.18 bits per heavy atom. The lowest BCUT2D eigenvalue weighted by Crippen LogP contribution is -2.47. The summed E-state index contributed by atoms with van der Waals surface area (Å²) < 4.78 is 10.7. The Kier molecular flexibility index (Phi) is 7.41. The second-order valence-electron chi connectivity index (χ2n) is 4.73. The monoisotopic (exact) mass is 328 g/mol. The Hall–Kier alpha value is -1.38. The van der Waals surface area contributed by atoms with Crippen LogP contribution in [-0.2, 0) is 9.53 Å². The largest absolute Gasteiger partial charge is 0.484 e. The highest BCUT2D eigenvalue weighted by Gasteiger charge is 2.08. The maximum atomic E-state index is 11.6. The number of nitrogens with one attached hydrogen (secondary N) is 3. The molecule has 3 N–H and O–H groups in total. The van der Waals surface area contributed by atoms with E-state index in [4.69, 9.17) is 21.1 Å². The minimum Gasteiger partial charge on any atom is -0.484 e. The summed E-state index contributed by atoms with van der Waals surface area (Å²) >= 11 is 5.77. The molecular formula is C14H21ClN4O3. The number of benzene rings is 1. The van der Waals surface area contributed by atoms with Crippen LogP contribution >= 0.6 is 11.6 Å². The fourth-order valence-electron chi connectivity index (χ4n) is 1.89. The summed E-state index contributed by atoms with van der Waals surface area (Å²) in [6.07, 6.45) is 0. The van der Waals surface area contributed by atoms with E-state index in [1.165, 1.54) is 0 Å². The number of nitrogens with zero attached hydrogens (tertiary/aromatic N) is 1. The standard InChI is InChI=1S/C14H21ClN4O3/c15-12-1-3-13(4-2-12)22-11-14(20)18-16-5-7-19-8-10-21-9-6-17-19/h1-4,16-17H,5-11H2,(H,18,20). The lowest BCUT2D eigenvalue weighted by atomic mass is 10.3. The molecule has 0 aromatic heterocycles. The van der Waals surface area contributed by atoms with Crippen molar-refractivity contribution in [3.63, 3.8) is 0 Å². The molecule has 0 radical (unpaired) electrons. The molecule has 0 saturated carbocycles. The van der Waals surface area contributed by atoms with Crippen molar-refractivity contribution in [1.29, 1.82) is 0 Å². The maximum Gasteiger partial charge on any atom is 0.271 e. The van der Waals surface area contributed by atoms with Gasteiger partial charge in [0.1, 0.15) is 5.75 Å². The SMILES string of the molecule is O=C(COc1ccc(Cl)cc1)NNCCN1CCOCCN1.